The molecule has 2 heteroatoms. The van der Waals surface area contributed by atoms with Crippen LogP contribution in [0.25, 0.3) is 0 Å². The highest BCUT2D eigenvalue weighted by Gasteiger charge is 2.32. The lowest BCUT2D eigenvalue weighted by molar-refractivity contribution is -0.153. The van der Waals surface area contributed by atoms with Crippen LogP contribution >= 0.6 is 0 Å². The van der Waals surface area contributed by atoms with Crippen molar-refractivity contribution in [2.75, 3.05) is 13.2 Å². The van der Waals surface area contributed by atoms with E-state index in [1.165, 1.54) is 31.2 Å². The standard InChI is InChI=1S/C19H26O2/c1-2-6-18-13-21-19(14-20-18)17-11-9-16(10-12-17)15-7-4-3-5-8-15/h2-5,7-8,16-19H,1,6,9-14H2/t16?,17?,18-,19-/m0/s1. The number of benzene rings is 1. The molecule has 0 amide bonds. The van der Waals surface area contributed by atoms with Gasteiger partial charge in [-0.25, -0.2) is 0 Å². The molecule has 0 aromatic heterocycles. The molecular weight excluding hydrogens is 260 g/mol. The Balaban J connectivity index is 1.47. The Morgan fingerprint density at radius 2 is 1.76 bits per heavy atom. The number of rotatable bonds is 4. The molecule has 1 aromatic rings. The van der Waals surface area contributed by atoms with E-state index in [9.17, 15) is 0 Å². The average molecular weight is 286 g/mol. The molecule has 2 atom stereocenters. The van der Waals surface area contributed by atoms with Crippen LogP contribution in [-0.2, 0) is 9.47 Å². The zero-order chi connectivity index (χ0) is 14.5. The van der Waals surface area contributed by atoms with Crippen molar-refractivity contribution in [3.63, 3.8) is 0 Å². The quantitative estimate of drug-likeness (QED) is 0.767. The van der Waals surface area contributed by atoms with E-state index in [-0.39, 0.29) is 6.10 Å². The first-order chi connectivity index (χ1) is 10.4. The Bertz CT molecular complexity index is 426. The molecule has 2 nitrogen and oxygen atoms in total. The van der Waals surface area contributed by atoms with Crippen molar-refractivity contribution in [3.05, 3.63) is 48.6 Å². The zero-order valence-electron chi connectivity index (χ0n) is 12.7. The Labute approximate surface area is 128 Å². The third-order valence-electron chi connectivity index (χ3n) is 4.99. The van der Waals surface area contributed by atoms with E-state index in [1.54, 1.807) is 0 Å². The van der Waals surface area contributed by atoms with Gasteiger partial charge in [-0.05, 0) is 49.5 Å². The predicted molar refractivity (Wildman–Crippen MR) is 85.4 cm³/mol. The Morgan fingerprint density at radius 3 is 2.38 bits per heavy atom. The maximum absolute atomic E-state index is 6.05. The fourth-order valence-electron chi connectivity index (χ4n) is 3.70. The van der Waals surface area contributed by atoms with E-state index in [2.05, 4.69) is 36.9 Å². The van der Waals surface area contributed by atoms with Crippen LogP contribution in [0.3, 0.4) is 0 Å². The van der Waals surface area contributed by atoms with Gasteiger partial charge in [0.25, 0.3) is 0 Å². The van der Waals surface area contributed by atoms with Crippen molar-refractivity contribution >= 4 is 0 Å². The molecule has 1 saturated carbocycles. The molecule has 1 aromatic carbocycles. The first kappa shape index (κ1) is 14.8. The first-order valence-electron chi connectivity index (χ1n) is 8.26. The molecule has 1 aliphatic carbocycles. The van der Waals surface area contributed by atoms with Gasteiger partial charge in [0.15, 0.2) is 0 Å². The van der Waals surface area contributed by atoms with Crippen LogP contribution in [-0.4, -0.2) is 25.4 Å². The normalized spacial score (nSPS) is 33.5. The summed E-state index contributed by atoms with van der Waals surface area (Å²) in [4.78, 5) is 0. The molecule has 114 valence electrons. The summed E-state index contributed by atoms with van der Waals surface area (Å²) >= 11 is 0. The molecule has 0 spiro atoms. The van der Waals surface area contributed by atoms with Gasteiger partial charge in [-0.15, -0.1) is 6.58 Å². The van der Waals surface area contributed by atoms with Crippen molar-refractivity contribution in [2.24, 2.45) is 5.92 Å². The van der Waals surface area contributed by atoms with Crippen LogP contribution < -0.4 is 0 Å². The van der Waals surface area contributed by atoms with Gasteiger partial charge in [0.2, 0.25) is 0 Å². The molecule has 0 N–H and O–H groups in total. The second kappa shape index (κ2) is 7.24. The Hall–Kier alpha value is -1.12. The van der Waals surface area contributed by atoms with Crippen molar-refractivity contribution in [3.8, 4) is 0 Å². The second-order valence-corrected chi connectivity index (χ2v) is 6.37. The van der Waals surface area contributed by atoms with Crippen LogP contribution in [0.2, 0.25) is 0 Å². The SMILES string of the molecule is C=CC[C@H]1CO[C@H](C2CCC(c3ccccc3)CC2)CO1. The third kappa shape index (κ3) is 3.75. The molecular formula is C19H26O2. The molecule has 21 heavy (non-hydrogen) atoms. The first-order valence-corrected chi connectivity index (χ1v) is 8.26. The smallest absolute Gasteiger partial charge is 0.0844 e. The minimum absolute atomic E-state index is 0.222. The third-order valence-corrected chi connectivity index (χ3v) is 4.99. The van der Waals surface area contributed by atoms with Gasteiger partial charge in [0.1, 0.15) is 0 Å². The van der Waals surface area contributed by atoms with Gasteiger partial charge in [-0.1, -0.05) is 36.4 Å². The minimum Gasteiger partial charge on any atom is -0.373 e. The van der Waals surface area contributed by atoms with Gasteiger partial charge in [0, 0.05) is 0 Å². The second-order valence-electron chi connectivity index (χ2n) is 6.37. The van der Waals surface area contributed by atoms with Gasteiger partial charge in [0.05, 0.1) is 25.4 Å². The summed E-state index contributed by atoms with van der Waals surface area (Å²) in [6.07, 6.45) is 8.43. The van der Waals surface area contributed by atoms with Gasteiger partial charge in [-0.3, -0.25) is 0 Å². The highest BCUT2D eigenvalue weighted by Crippen LogP contribution is 2.38. The molecule has 3 rings (SSSR count). The number of ether oxygens (including phenoxy) is 2. The summed E-state index contributed by atoms with van der Waals surface area (Å²) in [7, 11) is 0. The van der Waals surface area contributed by atoms with E-state index < -0.39 is 0 Å². The molecule has 0 radical (unpaired) electrons. The van der Waals surface area contributed by atoms with Crippen LogP contribution in [0.15, 0.2) is 43.0 Å². The molecule has 1 heterocycles. The zero-order valence-corrected chi connectivity index (χ0v) is 12.7. The monoisotopic (exact) mass is 286 g/mol. The lowest BCUT2D eigenvalue weighted by atomic mass is 9.76. The van der Waals surface area contributed by atoms with Crippen LogP contribution in [0, 0.1) is 5.92 Å². The maximum atomic E-state index is 6.05. The Morgan fingerprint density at radius 1 is 1.00 bits per heavy atom. The molecule has 1 saturated heterocycles. The molecule has 2 aliphatic rings. The largest absolute Gasteiger partial charge is 0.373 e. The van der Waals surface area contributed by atoms with Gasteiger partial charge in [-0.2, -0.15) is 0 Å². The highest BCUT2D eigenvalue weighted by atomic mass is 16.6. The topological polar surface area (TPSA) is 18.5 Å². The van der Waals surface area contributed by atoms with Crippen molar-refractivity contribution in [1.29, 1.82) is 0 Å². The van der Waals surface area contributed by atoms with Crippen molar-refractivity contribution < 1.29 is 9.47 Å². The molecule has 0 bridgehead atoms. The molecule has 0 unspecified atom stereocenters. The summed E-state index contributed by atoms with van der Waals surface area (Å²) in [5.74, 6) is 1.41. The van der Waals surface area contributed by atoms with Crippen LogP contribution in [0.4, 0.5) is 0 Å². The van der Waals surface area contributed by atoms with E-state index in [1.807, 2.05) is 6.08 Å². The summed E-state index contributed by atoms with van der Waals surface area (Å²) in [6.45, 7) is 5.26. The number of hydrogen-bond acceptors (Lipinski definition) is 2. The predicted octanol–water partition coefficient (Wildman–Crippen LogP) is 4.32. The van der Waals surface area contributed by atoms with Crippen LogP contribution in [0.5, 0.6) is 0 Å². The fraction of sp³-hybridized carbons (Fsp3) is 0.579. The average Bonchev–Trinajstić information content (AvgIpc) is 2.57. The molecule has 1 aliphatic heterocycles. The van der Waals surface area contributed by atoms with Crippen molar-refractivity contribution in [2.45, 2.75) is 50.2 Å². The van der Waals surface area contributed by atoms with Gasteiger partial charge >= 0.3 is 0 Å². The maximum Gasteiger partial charge on any atom is 0.0844 e. The lowest BCUT2D eigenvalue weighted by Crippen LogP contribution is -2.40. The van der Waals surface area contributed by atoms with E-state index in [4.69, 9.17) is 9.47 Å². The van der Waals surface area contributed by atoms with E-state index in [0.717, 1.165) is 25.6 Å². The summed E-state index contributed by atoms with van der Waals surface area (Å²) < 4.78 is 12.0. The lowest BCUT2D eigenvalue weighted by Gasteiger charge is -2.37. The summed E-state index contributed by atoms with van der Waals surface area (Å²) in [6, 6.07) is 10.9. The van der Waals surface area contributed by atoms with Crippen LogP contribution in [0.1, 0.15) is 43.6 Å². The summed E-state index contributed by atoms with van der Waals surface area (Å²) in [5, 5.41) is 0. The van der Waals surface area contributed by atoms with Crippen molar-refractivity contribution in [1.82, 2.24) is 0 Å². The van der Waals surface area contributed by atoms with Gasteiger partial charge < -0.3 is 9.47 Å². The molecule has 2 fully saturated rings. The fourth-order valence-corrected chi connectivity index (χ4v) is 3.70. The highest BCUT2D eigenvalue weighted by molar-refractivity contribution is 5.19. The minimum atomic E-state index is 0.222. The summed E-state index contributed by atoms with van der Waals surface area (Å²) in [5.41, 5.74) is 1.50. The number of hydrogen-bond donors (Lipinski definition) is 0. The van der Waals surface area contributed by atoms with E-state index in [0.29, 0.717) is 12.0 Å². The Kier molecular flexibility index (Phi) is 5.10. The van der Waals surface area contributed by atoms with E-state index >= 15 is 0 Å².